The molecule has 25 heavy (non-hydrogen) atoms. The predicted molar refractivity (Wildman–Crippen MR) is 97.7 cm³/mol. The molecule has 0 fully saturated rings. The van der Waals surface area contributed by atoms with Crippen LogP contribution in [0.25, 0.3) is 0 Å². The molecular weight excluding hydrogens is 385 g/mol. The van der Waals surface area contributed by atoms with Crippen molar-refractivity contribution in [2.75, 3.05) is 7.05 Å². The molecule has 0 aliphatic rings. The molecule has 1 N–H and O–H groups in total. The highest BCUT2D eigenvalue weighted by atomic mass is 35.5. The molecular formula is C17H17Cl2NO4S. The first-order chi connectivity index (χ1) is 11.6. The number of hydrogen-bond acceptors (Lipinski definition) is 3. The van der Waals surface area contributed by atoms with Crippen LogP contribution in [0.5, 0.6) is 0 Å². The van der Waals surface area contributed by atoms with Crippen molar-refractivity contribution in [3.05, 3.63) is 63.6 Å². The van der Waals surface area contributed by atoms with Crippen molar-refractivity contribution in [1.29, 1.82) is 0 Å². The summed E-state index contributed by atoms with van der Waals surface area (Å²) in [5.74, 6) is -1.26. The van der Waals surface area contributed by atoms with E-state index in [2.05, 4.69) is 0 Å². The van der Waals surface area contributed by atoms with Crippen molar-refractivity contribution < 1.29 is 18.3 Å². The van der Waals surface area contributed by atoms with E-state index in [-0.39, 0.29) is 11.3 Å². The molecule has 0 unspecified atom stereocenters. The zero-order valence-corrected chi connectivity index (χ0v) is 15.9. The standard InChI is InChI=1S/C17H17Cl2NO4S/c1-11-3-5-15(6-4-11)25(23,24)20(2)16(17(21)22)9-12-7-13(18)10-14(19)8-12/h3-8,10,16H,9H2,1-2H3,(H,21,22)/t16-/m0/s1. The third kappa shape index (κ3) is 4.73. The van der Waals surface area contributed by atoms with Crippen LogP contribution in [0.3, 0.4) is 0 Å². The first-order valence-electron chi connectivity index (χ1n) is 7.34. The van der Waals surface area contributed by atoms with Crippen molar-refractivity contribution in [1.82, 2.24) is 4.31 Å². The summed E-state index contributed by atoms with van der Waals surface area (Å²) in [7, 11) is -2.70. The number of sulfonamides is 1. The fraction of sp³-hybridized carbons (Fsp3) is 0.235. The molecule has 0 aromatic heterocycles. The number of benzene rings is 2. The third-order valence-corrected chi connectivity index (χ3v) is 6.09. The molecule has 5 nitrogen and oxygen atoms in total. The molecule has 0 bridgehead atoms. The summed E-state index contributed by atoms with van der Waals surface area (Å²) in [5.41, 5.74) is 1.45. The molecule has 8 heteroatoms. The van der Waals surface area contributed by atoms with Crippen molar-refractivity contribution in [2.45, 2.75) is 24.3 Å². The molecule has 0 aliphatic carbocycles. The van der Waals surface area contributed by atoms with Gasteiger partial charge in [-0.25, -0.2) is 8.42 Å². The average molecular weight is 402 g/mol. The molecule has 1 atom stereocenters. The van der Waals surface area contributed by atoms with Crippen LogP contribution < -0.4 is 0 Å². The highest BCUT2D eigenvalue weighted by molar-refractivity contribution is 7.89. The Labute approximate surface area is 156 Å². The van der Waals surface area contributed by atoms with E-state index in [1.807, 2.05) is 6.92 Å². The van der Waals surface area contributed by atoms with E-state index >= 15 is 0 Å². The van der Waals surface area contributed by atoms with Crippen LogP contribution in [-0.4, -0.2) is 36.9 Å². The third-order valence-electron chi connectivity index (χ3n) is 3.77. The van der Waals surface area contributed by atoms with Gasteiger partial charge in [-0.15, -0.1) is 0 Å². The molecule has 2 aromatic carbocycles. The Kier molecular flexibility index (Phi) is 6.11. The van der Waals surface area contributed by atoms with Gasteiger partial charge in [-0.3, -0.25) is 4.79 Å². The summed E-state index contributed by atoms with van der Waals surface area (Å²) in [4.78, 5) is 11.7. The maximum atomic E-state index is 12.7. The van der Waals surface area contributed by atoms with Gasteiger partial charge in [0, 0.05) is 17.1 Å². The minimum absolute atomic E-state index is 0.0379. The average Bonchev–Trinajstić information content (AvgIpc) is 2.51. The first-order valence-corrected chi connectivity index (χ1v) is 9.53. The monoisotopic (exact) mass is 401 g/mol. The van der Waals surface area contributed by atoms with Gasteiger partial charge in [0.25, 0.3) is 0 Å². The van der Waals surface area contributed by atoms with Crippen LogP contribution in [0.1, 0.15) is 11.1 Å². The topological polar surface area (TPSA) is 74.7 Å². The van der Waals surface area contributed by atoms with Gasteiger partial charge < -0.3 is 5.11 Å². The molecule has 0 radical (unpaired) electrons. The minimum Gasteiger partial charge on any atom is -0.480 e. The number of likely N-dealkylation sites (N-methyl/N-ethyl adjacent to an activating group) is 1. The SMILES string of the molecule is Cc1ccc(S(=O)(=O)N(C)[C@@H](Cc2cc(Cl)cc(Cl)c2)C(=O)O)cc1. The van der Waals surface area contributed by atoms with Gasteiger partial charge in [-0.1, -0.05) is 40.9 Å². The summed E-state index contributed by atoms with van der Waals surface area (Å²) in [6.45, 7) is 1.84. The van der Waals surface area contributed by atoms with E-state index in [9.17, 15) is 18.3 Å². The molecule has 0 heterocycles. The van der Waals surface area contributed by atoms with Crippen LogP contribution >= 0.6 is 23.2 Å². The maximum absolute atomic E-state index is 12.7. The number of carboxylic acids is 1. The zero-order valence-electron chi connectivity index (χ0n) is 13.6. The van der Waals surface area contributed by atoms with Gasteiger partial charge in [-0.2, -0.15) is 4.31 Å². The second-order valence-electron chi connectivity index (χ2n) is 5.67. The van der Waals surface area contributed by atoms with Crippen LogP contribution in [0.15, 0.2) is 47.4 Å². The van der Waals surface area contributed by atoms with E-state index in [1.54, 1.807) is 24.3 Å². The molecule has 0 saturated carbocycles. The Bertz CT molecular complexity index is 862. The first kappa shape index (κ1) is 19.7. The summed E-state index contributed by atoms with van der Waals surface area (Å²) in [6, 6.07) is 9.59. The van der Waals surface area contributed by atoms with Crippen LogP contribution in [-0.2, 0) is 21.2 Å². The molecule has 134 valence electrons. The number of carboxylic acid groups (broad SMARTS) is 1. The lowest BCUT2D eigenvalue weighted by Crippen LogP contribution is -2.43. The van der Waals surface area contributed by atoms with Crippen molar-refractivity contribution in [3.8, 4) is 0 Å². The fourth-order valence-corrected chi connectivity index (χ4v) is 4.25. The quantitative estimate of drug-likeness (QED) is 0.801. The van der Waals surface area contributed by atoms with Crippen LogP contribution in [0.2, 0.25) is 10.0 Å². The summed E-state index contributed by atoms with van der Waals surface area (Å²) in [6.07, 6.45) is -0.0583. The lowest BCUT2D eigenvalue weighted by Gasteiger charge is -2.24. The van der Waals surface area contributed by atoms with Gasteiger partial charge in [-0.05, 0) is 49.2 Å². The van der Waals surface area contributed by atoms with Crippen molar-refractivity contribution >= 4 is 39.2 Å². The largest absolute Gasteiger partial charge is 0.480 e. The second-order valence-corrected chi connectivity index (χ2v) is 8.54. The van der Waals surface area contributed by atoms with Crippen LogP contribution in [0.4, 0.5) is 0 Å². The van der Waals surface area contributed by atoms with E-state index in [4.69, 9.17) is 23.2 Å². The number of rotatable bonds is 6. The number of nitrogens with zero attached hydrogens (tertiary/aromatic N) is 1. The minimum atomic E-state index is -3.95. The van der Waals surface area contributed by atoms with Gasteiger partial charge >= 0.3 is 5.97 Å². The van der Waals surface area contributed by atoms with Crippen molar-refractivity contribution in [2.24, 2.45) is 0 Å². The van der Waals surface area contributed by atoms with Crippen LogP contribution in [0, 0.1) is 6.92 Å². The second kappa shape index (κ2) is 7.74. The number of aliphatic carboxylic acids is 1. The van der Waals surface area contributed by atoms with Gasteiger partial charge in [0.2, 0.25) is 10.0 Å². The van der Waals surface area contributed by atoms with Gasteiger partial charge in [0.15, 0.2) is 0 Å². The number of halogens is 2. The Morgan fingerprint density at radius 2 is 1.64 bits per heavy atom. The van der Waals surface area contributed by atoms with Gasteiger partial charge in [0.05, 0.1) is 4.90 Å². The van der Waals surface area contributed by atoms with E-state index in [0.29, 0.717) is 15.6 Å². The molecule has 2 rings (SSSR count). The Morgan fingerprint density at radius 1 is 1.12 bits per heavy atom. The maximum Gasteiger partial charge on any atom is 0.322 e. The Hall–Kier alpha value is -1.60. The zero-order chi connectivity index (χ0) is 18.8. The molecule has 0 amide bonds. The summed E-state index contributed by atoms with van der Waals surface area (Å²) in [5, 5.41) is 10.2. The number of hydrogen-bond donors (Lipinski definition) is 1. The smallest absolute Gasteiger partial charge is 0.322 e. The highest BCUT2D eigenvalue weighted by Gasteiger charge is 2.33. The van der Waals surface area contributed by atoms with Crippen molar-refractivity contribution in [3.63, 3.8) is 0 Å². The van der Waals surface area contributed by atoms with E-state index < -0.39 is 22.0 Å². The fourth-order valence-electron chi connectivity index (χ4n) is 2.37. The number of carbonyl (C=O) groups is 1. The summed E-state index contributed by atoms with van der Waals surface area (Å²) < 4.78 is 26.3. The normalized spacial score (nSPS) is 13.0. The predicted octanol–water partition coefficient (Wildman–Crippen LogP) is 3.62. The molecule has 0 spiro atoms. The van der Waals surface area contributed by atoms with Gasteiger partial charge in [0.1, 0.15) is 6.04 Å². The summed E-state index contributed by atoms with van der Waals surface area (Å²) >= 11 is 11.9. The Morgan fingerprint density at radius 3 is 2.12 bits per heavy atom. The lowest BCUT2D eigenvalue weighted by molar-refractivity contribution is -0.141. The van der Waals surface area contributed by atoms with E-state index in [1.165, 1.54) is 25.2 Å². The molecule has 2 aromatic rings. The lowest BCUT2D eigenvalue weighted by atomic mass is 10.1. The Balaban J connectivity index is 2.35. The molecule has 0 aliphatic heterocycles. The highest BCUT2D eigenvalue weighted by Crippen LogP contribution is 2.23. The van der Waals surface area contributed by atoms with E-state index in [0.717, 1.165) is 9.87 Å². The molecule has 0 saturated heterocycles. The number of aryl methyl sites for hydroxylation is 1.